The lowest BCUT2D eigenvalue weighted by molar-refractivity contribution is 0.436. The maximum absolute atomic E-state index is 6.49. The Hall–Kier alpha value is -2.39. The van der Waals surface area contributed by atoms with Gasteiger partial charge in [-0.2, -0.15) is 0 Å². The topological polar surface area (TPSA) is 26.0 Å². The van der Waals surface area contributed by atoms with E-state index in [1.54, 1.807) is 0 Å². The fourth-order valence-corrected chi connectivity index (χ4v) is 6.31. The Morgan fingerprint density at radius 1 is 0.967 bits per heavy atom. The summed E-state index contributed by atoms with van der Waals surface area (Å²) in [4.78, 5) is 4.85. The molecule has 0 unspecified atom stereocenters. The van der Waals surface area contributed by atoms with Gasteiger partial charge in [0.05, 0.1) is 13.8 Å². The van der Waals surface area contributed by atoms with Crippen molar-refractivity contribution in [3.63, 3.8) is 0 Å². The lowest BCUT2D eigenvalue weighted by Crippen LogP contribution is -2.38. The summed E-state index contributed by atoms with van der Waals surface area (Å²) in [5, 5.41) is 3.95. The summed E-state index contributed by atoms with van der Waals surface area (Å²) in [6.07, 6.45) is 4.20. The van der Waals surface area contributed by atoms with E-state index in [1.807, 2.05) is 6.20 Å². The SMILES string of the molecule is CCC(C)(CC)c1ccnc(-c2ccc([Si](C)(C)C)c3c2oc2ccccc23)c1C. The molecule has 4 aromatic rings. The van der Waals surface area contributed by atoms with E-state index in [0.717, 1.165) is 35.3 Å². The number of hydrogen-bond donors (Lipinski definition) is 0. The van der Waals surface area contributed by atoms with Gasteiger partial charge in [-0.3, -0.25) is 4.98 Å². The quantitative estimate of drug-likeness (QED) is 0.314. The maximum atomic E-state index is 6.49. The number of nitrogens with zero attached hydrogens (tertiary/aromatic N) is 1. The first-order valence-electron chi connectivity index (χ1n) is 11.1. The molecule has 30 heavy (non-hydrogen) atoms. The highest BCUT2D eigenvalue weighted by Gasteiger charge is 2.28. The zero-order valence-corrected chi connectivity index (χ0v) is 20.4. The predicted octanol–water partition coefficient (Wildman–Crippen LogP) is 7.58. The third-order valence-corrected chi connectivity index (χ3v) is 9.04. The molecule has 156 valence electrons. The molecule has 0 amide bonds. The standard InChI is InChI=1S/C27H33NOSi/c1-8-27(4,9-2)21-16-17-28-25(18(21)3)20-14-15-23(30(5,6)7)24-19-12-10-11-13-22(19)29-26(20)24/h10-17H,8-9H2,1-7H3. The molecule has 2 heterocycles. The van der Waals surface area contributed by atoms with E-state index in [-0.39, 0.29) is 5.41 Å². The first-order chi connectivity index (χ1) is 14.2. The average Bonchev–Trinajstić information content (AvgIpc) is 3.12. The molecule has 0 aliphatic heterocycles. The molecule has 0 aliphatic carbocycles. The van der Waals surface area contributed by atoms with Gasteiger partial charge >= 0.3 is 0 Å². The van der Waals surface area contributed by atoms with Crippen molar-refractivity contribution in [2.45, 2.75) is 65.6 Å². The zero-order chi connectivity index (χ0) is 21.7. The zero-order valence-electron chi connectivity index (χ0n) is 19.4. The summed E-state index contributed by atoms with van der Waals surface area (Å²) in [6.45, 7) is 16.4. The van der Waals surface area contributed by atoms with E-state index in [0.29, 0.717) is 0 Å². The molecule has 0 saturated carbocycles. The predicted molar refractivity (Wildman–Crippen MR) is 133 cm³/mol. The minimum absolute atomic E-state index is 0.160. The molecule has 2 aromatic carbocycles. The molecule has 3 heteroatoms. The number of aromatic nitrogens is 1. The van der Waals surface area contributed by atoms with Crippen LogP contribution >= 0.6 is 0 Å². The van der Waals surface area contributed by atoms with Crippen LogP contribution in [0.1, 0.15) is 44.7 Å². The van der Waals surface area contributed by atoms with E-state index in [4.69, 9.17) is 9.40 Å². The molecule has 0 fully saturated rings. The van der Waals surface area contributed by atoms with Crippen molar-refractivity contribution in [3.05, 3.63) is 59.8 Å². The first-order valence-corrected chi connectivity index (χ1v) is 14.6. The molecule has 0 spiro atoms. The number of benzene rings is 2. The number of fused-ring (bicyclic) bond motifs is 3. The van der Waals surface area contributed by atoms with E-state index >= 15 is 0 Å². The van der Waals surface area contributed by atoms with Gasteiger partial charge in [0, 0.05) is 22.5 Å². The Balaban J connectivity index is 2.07. The van der Waals surface area contributed by atoms with Gasteiger partial charge in [-0.15, -0.1) is 0 Å². The van der Waals surface area contributed by atoms with Crippen LogP contribution in [0.5, 0.6) is 0 Å². The summed E-state index contributed by atoms with van der Waals surface area (Å²) in [5.41, 5.74) is 6.93. The van der Waals surface area contributed by atoms with Gasteiger partial charge in [0.1, 0.15) is 11.2 Å². The van der Waals surface area contributed by atoms with E-state index in [1.165, 1.54) is 27.1 Å². The van der Waals surface area contributed by atoms with Gasteiger partial charge in [0.15, 0.2) is 0 Å². The monoisotopic (exact) mass is 415 g/mol. The molecule has 0 radical (unpaired) electrons. The number of pyridine rings is 1. The second kappa shape index (κ2) is 7.38. The second-order valence-electron chi connectivity index (χ2n) is 9.81. The van der Waals surface area contributed by atoms with Crippen LogP contribution in [0.25, 0.3) is 33.2 Å². The van der Waals surface area contributed by atoms with Gasteiger partial charge in [-0.1, -0.05) is 64.7 Å². The normalized spacial score (nSPS) is 12.8. The van der Waals surface area contributed by atoms with Crippen molar-refractivity contribution in [2.24, 2.45) is 0 Å². The van der Waals surface area contributed by atoms with Crippen molar-refractivity contribution in [3.8, 4) is 11.3 Å². The van der Waals surface area contributed by atoms with Crippen molar-refractivity contribution in [1.29, 1.82) is 0 Å². The van der Waals surface area contributed by atoms with Gasteiger partial charge in [0.2, 0.25) is 0 Å². The molecular weight excluding hydrogens is 382 g/mol. The van der Waals surface area contributed by atoms with Gasteiger partial charge in [-0.25, -0.2) is 0 Å². The third kappa shape index (κ3) is 3.20. The Morgan fingerprint density at radius 2 is 1.67 bits per heavy atom. The minimum Gasteiger partial charge on any atom is -0.455 e. The van der Waals surface area contributed by atoms with Crippen molar-refractivity contribution in [2.75, 3.05) is 0 Å². The largest absolute Gasteiger partial charge is 0.455 e. The number of furan rings is 1. The molecule has 0 saturated heterocycles. The highest BCUT2D eigenvalue weighted by atomic mass is 28.3. The summed E-state index contributed by atoms with van der Waals surface area (Å²) in [6, 6.07) is 15.2. The second-order valence-corrected chi connectivity index (χ2v) is 14.9. The van der Waals surface area contributed by atoms with Crippen LogP contribution < -0.4 is 5.19 Å². The van der Waals surface area contributed by atoms with Crippen LogP contribution in [-0.4, -0.2) is 13.1 Å². The number of hydrogen-bond acceptors (Lipinski definition) is 2. The third-order valence-electron chi connectivity index (χ3n) is 7.00. The fourth-order valence-electron chi connectivity index (χ4n) is 4.73. The average molecular weight is 416 g/mol. The first kappa shape index (κ1) is 20.9. The van der Waals surface area contributed by atoms with Crippen LogP contribution in [0, 0.1) is 6.92 Å². The van der Waals surface area contributed by atoms with Gasteiger partial charge in [-0.05, 0) is 59.7 Å². The van der Waals surface area contributed by atoms with E-state index in [9.17, 15) is 0 Å². The Kier molecular flexibility index (Phi) is 5.14. The van der Waals surface area contributed by atoms with Crippen LogP contribution in [0.4, 0.5) is 0 Å². The summed E-state index contributed by atoms with van der Waals surface area (Å²) < 4.78 is 6.49. The van der Waals surface area contributed by atoms with Crippen molar-refractivity contribution >= 4 is 35.2 Å². The van der Waals surface area contributed by atoms with Gasteiger partial charge < -0.3 is 4.42 Å². The maximum Gasteiger partial charge on any atom is 0.144 e. The van der Waals surface area contributed by atoms with E-state index in [2.05, 4.69) is 89.8 Å². The molecule has 0 bridgehead atoms. The Bertz CT molecular complexity index is 1230. The molecular formula is C27H33NOSi. The lowest BCUT2D eigenvalue weighted by atomic mass is 9.75. The fraction of sp³-hybridized carbons (Fsp3) is 0.370. The van der Waals surface area contributed by atoms with Crippen molar-refractivity contribution < 1.29 is 4.42 Å². The molecule has 0 aliphatic rings. The van der Waals surface area contributed by atoms with Crippen LogP contribution in [0.2, 0.25) is 19.6 Å². The Morgan fingerprint density at radius 3 is 2.33 bits per heavy atom. The summed E-state index contributed by atoms with van der Waals surface area (Å²) in [5.74, 6) is 0. The summed E-state index contributed by atoms with van der Waals surface area (Å²) >= 11 is 0. The highest BCUT2D eigenvalue weighted by Crippen LogP contribution is 2.40. The lowest BCUT2D eigenvalue weighted by Gasteiger charge is -2.30. The summed E-state index contributed by atoms with van der Waals surface area (Å²) in [7, 11) is -1.55. The Labute approximate surface area is 181 Å². The molecule has 2 aromatic heterocycles. The highest BCUT2D eigenvalue weighted by molar-refractivity contribution is 6.90. The molecule has 0 atom stereocenters. The van der Waals surface area contributed by atoms with Crippen LogP contribution in [0.15, 0.2) is 53.1 Å². The van der Waals surface area contributed by atoms with Crippen LogP contribution in [0.3, 0.4) is 0 Å². The number of rotatable bonds is 5. The van der Waals surface area contributed by atoms with Gasteiger partial charge in [0.25, 0.3) is 0 Å². The van der Waals surface area contributed by atoms with Crippen LogP contribution in [-0.2, 0) is 5.41 Å². The molecule has 2 nitrogen and oxygen atoms in total. The molecule has 4 rings (SSSR count). The molecule has 0 N–H and O–H groups in total. The number of para-hydroxylation sites is 1. The van der Waals surface area contributed by atoms with E-state index < -0.39 is 8.07 Å². The smallest absolute Gasteiger partial charge is 0.144 e. The van der Waals surface area contributed by atoms with Crippen molar-refractivity contribution in [1.82, 2.24) is 4.98 Å². The minimum atomic E-state index is -1.55.